The first-order valence-corrected chi connectivity index (χ1v) is 12.9. The van der Waals surface area contributed by atoms with Gasteiger partial charge in [0.15, 0.2) is 4.80 Å². The molecule has 1 atom stereocenters. The molecular weight excluding hydrogens is 469 g/mol. The van der Waals surface area contributed by atoms with E-state index in [9.17, 15) is 9.18 Å². The lowest BCUT2D eigenvalue weighted by Crippen LogP contribution is -2.38. The van der Waals surface area contributed by atoms with Gasteiger partial charge < -0.3 is 4.98 Å². The number of aromatic amines is 1. The van der Waals surface area contributed by atoms with Gasteiger partial charge in [-0.15, -0.1) is 0 Å². The highest BCUT2D eigenvalue weighted by atomic mass is 32.1. The van der Waals surface area contributed by atoms with Crippen molar-refractivity contribution in [2.45, 2.75) is 25.8 Å². The Hall–Kier alpha value is -4.03. The Labute approximate surface area is 210 Å². The number of rotatable bonds is 2. The molecule has 0 amide bonds. The van der Waals surface area contributed by atoms with E-state index in [0.29, 0.717) is 9.33 Å². The van der Waals surface area contributed by atoms with Crippen molar-refractivity contribution >= 4 is 34.0 Å². The fraction of sp³-hybridized carbons (Fsp3) is 0.133. The lowest BCUT2D eigenvalue weighted by molar-refractivity contribution is 0.581. The van der Waals surface area contributed by atoms with Gasteiger partial charge in [-0.3, -0.25) is 9.36 Å². The maximum atomic E-state index is 13.9. The molecule has 6 heteroatoms. The van der Waals surface area contributed by atoms with Gasteiger partial charge in [0.2, 0.25) is 0 Å². The molecule has 0 bridgehead atoms. The monoisotopic (exact) mass is 491 g/mol. The van der Waals surface area contributed by atoms with Crippen LogP contribution in [0.1, 0.15) is 40.4 Å². The molecule has 1 aliphatic carbocycles. The van der Waals surface area contributed by atoms with E-state index in [0.717, 1.165) is 57.4 Å². The van der Waals surface area contributed by atoms with Crippen molar-refractivity contribution in [2.75, 3.05) is 0 Å². The van der Waals surface area contributed by atoms with Gasteiger partial charge in [0.1, 0.15) is 5.82 Å². The van der Waals surface area contributed by atoms with E-state index < -0.39 is 0 Å². The molecule has 36 heavy (non-hydrogen) atoms. The summed E-state index contributed by atoms with van der Waals surface area (Å²) in [4.78, 5) is 23.1. The Balaban J connectivity index is 1.51. The van der Waals surface area contributed by atoms with Crippen LogP contribution < -0.4 is 14.9 Å². The summed E-state index contributed by atoms with van der Waals surface area (Å²) >= 11 is 1.42. The number of nitrogens with one attached hydrogen (secondary N) is 1. The lowest BCUT2D eigenvalue weighted by Gasteiger charge is -2.30. The van der Waals surface area contributed by atoms with Crippen LogP contribution in [0.25, 0.3) is 22.7 Å². The Morgan fingerprint density at radius 3 is 2.67 bits per heavy atom. The van der Waals surface area contributed by atoms with E-state index in [1.54, 1.807) is 16.7 Å². The predicted molar refractivity (Wildman–Crippen MR) is 142 cm³/mol. The summed E-state index contributed by atoms with van der Waals surface area (Å²) in [5.41, 5.74) is 8.36. The van der Waals surface area contributed by atoms with Gasteiger partial charge in [-0.25, -0.2) is 9.38 Å². The molecule has 0 saturated heterocycles. The topological polar surface area (TPSA) is 50.1 Å². The van der Waals surface area contributed by atoms with E-state index in [2.05, 4.69) is 29.2 Å². The van der Waals surface area contributed by atoms with Crippen LogP contribution in [0, 0.1) is 12.7 Å². The third kappa shape index (κ3) is 3.18. The van der Waals surface area contributed by atoms with Crippen LogP contribution in [0.2, 0.25) is 0 Å². The molecule has 4 nitrogen and oxygen atoms in total. The zero-order valence-corrected chi connectivity index (χ0v) is 20.4. The van der Waals surface area contributed by atoms with E-state index in [1.165, 1.54) is 29.0 Å². The number of hydrogen-bond donors (Lipinski definition) is 1. The molecule has 0 radical (unpaired) electrons. The maximum absolute atomic E-state index is 13.9. The number of nitrogens with zero attached hydrogens (tertiary/aromatic N) is 2. The predicted octanol–water partition coefficient (Wildman–Crippen LogP) is 5.25. The summed E-state index contributed by atoms with van der Waals surface area (Å²) in [6, 6.07) is 22.7. The molecule has 176 valence electrons. The minimum Gasteiger partial charge on any atom is -0.358 e. The quantitative estimate of drug-likeness (QED) is 0.360. The van der Waals surface area contributed by atoms with Gasteiger partial charge in [-0.2, -0.15) is 0 Å². The normalized spacial score (nSPS) is 17.1. The summed E-state index contributed by atoms with van der Waals surface area (Å²) < 4.78 is 16.3. The zero-order chi connectivity index (χ0) is 24.4. The average Bonchev–Trinajstić information content (AvgIpc) is 3.39. The van der Waals surface area contributed by atoms with Crippen molar-refractivity contribution in [3.8, 4) is 0 Å². The summed E-state index contributed by atoms with van der Waals surface area (Å²) in [5.74, 6) is -0.288. The average molecular weight is 492 g/mol. The number of thiazole rings is 1. The number of allylic oxidation sites excluding steroid dienone is 1. The van der Waals surface area contributed by atoms with Gasteiger partial charge in [0.25, 0.3) is 5.56 Å². The Morgan fingerprint density at radius 1 is 1.03 bits per heavy atom. The highest BCUT2D eigenvalue weighted by molar-refractivity contribution is 7.07. The van der Waals surface area contributed by atoms with E-state index >= 15 is 0 Å². The number of hydrogen-bond acceptors (Lipinski definition) is 3. The molecule has 5 aromatic rings. The molecule has 7 rings (SSSR count). The maximum Gasteiger partial charge on any atom is 0.271 e. The lowest BCUT2D eigenvalue weighted by atomic mass is 9.83. The number of H-pyrrole nitrogens is 1. The molecule has 0 unspecified atom stereocenters. The second-order valence-electron chi connectivity index (χ2n) is 9.37. The number of aromatic nitrogens is 2. The molecule has 1 aliphatic heterocycles. The fourth-order valence-corrected chi connectivity index (χ4v) is 6.57. The number of fused-ring (bicyclic) bond motifs is 4. The van der Waals surface area contributed by atoms with Crippen molar-refractivity contribution in [3.63, 3.8) is 0 Å². The summed E-state index contributed by atoms with van der Waals surface area (Å²) in [6.07, 6.45) is 3.68. The largest absolute Gasteiger partial charge is 0.358 e. The van der Waals surface area contributed by atoms with E-state index in [4.69, 9.17) is 4.99 Å². The van der Waals surface area contributed by atoms with Gasteiger partial charge in [-0.05, 0) is 60.7 Å². The smallest absolute Gasteiger partial charge is 0.271 e. The van der Waals surface area contributed by atoms with Crippen LogP contribution in [-0.2, 0) is 6.42 Å². The van der Waals surface area contributed by atoms with Crippen LogP contribution in [0.3, 0.4) is 0 Å². The molecule has 3 aromatic carbocycles. The van der Waals surface area contributed by atoms with Gasteiger partial charge in [0, 0.05) is 27.7 Å². The van der Waals surface area contributed by atoms with Crippen LogP contribution in [0.15, 0.2) is 88.2 Å². The highest BCUT2D eigenvalue weighted by Crippen LogP contribution is 2.41. The first-order chi connectivity index (χ1) is 17.6. The number of para-hydroxylation sites is 1. The van der Waals surface area contributed by atoms with Gasteiger partial charge in [0.05, 0.1) is 16.3 Å². The highest BCUT2D eigenvalue weighted by Gasteiger charge is 2.32. The van der Waals surface area contributed by atoms with Crippen molar-refractivity contribution < 1.29 is 4.39 Å². The molecule has 3 heterocycles. The SMILES string of the molecule is Cc1[nH]c2ccccc2c1/C=c1/sc2n(c1=O)[C@H](c1ccc(F)cc1)C1=C(N=2)c2ccccc2CC1. The van der Waals surface area contributed by atoms with Crippen LogP contribution in [0.4, 0.5) is 4.39 Å². The van der Waals surface area contributed by atoms with Crippen LogP contribution in [0.5, 0.6) is 0 Å². The third-order valence-corrected chi connectivity index (χ3v) is 8.26. The van der Waals surface area contributed by atoms with E-state index in [1.807, 2.05) is 37.3 Å². The zero-order valence-electron chi connectivity index (χ0n) is 19.6. The molecule has 0 saturated carbocycles. The van der Waals surface area contributed by atoms with Crippen molar-refractivity contribution in [2.24, 2.45) is 4.99 Å². The molecule has 2 aliphatic rings. The summed E-state index contributed by atoms with van der Waals surface area (Å²) in [7, 11) is 0. The molecular formula is C30H22FN3OS. The first-order valence-electron chi connectivity index (χ1n) is 12.0. The molecule has 2 aromatic heterocycles. The van der Waals surface area contributed by atoms with Crippen molar-refractivity contribution in [1.82, 2.24) is 9.55 Å². The minimum absolute atomic E-state index is 0.0665. The summed E-state index contributed by atoms with van der Waals surface area (Å²) in [5, 5.41) is 1.09. The Morgan fingerprint density at radius 2 is 1.81 bits per heavy atom. The molecule has 0 fully saturated rings. The fourth-order valence-electron chi connectivity index (χ4n) is 5.58. The van der Waals surface area contributed by atoms with Crippen molar-refractivity contribution in [3.05, 3.63) is 132 Å². The number of aryl methyl sites for hydroxylation is 2. The van der Waals surface area contributed by atoms with Crippen LogP contribution >= 0.6 is 11.3 Å². The minimum atomic E-state index is -0.309. The second kappa shape index (κ2) is 8.00. The second-order valence-corrected chi connectivity index (χ2v) is 10.4. The molecule has 0 spiro atoms. The summed E-state index contributed by atoms with van der Waals surface area (Å²) in [6.45, 7) is 2.03. The van der Waals surface area contributed by atoms with E-state index in [-0.39, 0.29) is 17.4 Å². The first kappa shape index (κ1) is 21.3. The van der Waals surface area contributed by atoms with Gasteiger partial charge in [-0.1, -0.05) is 65.9 Å². The van der Waals surface area contributed by atoms with Crippen molar-refractivity contribution in [1.29, 1.82) is 0 Å². The van der Waals surface area contributed by atoms with Gasteiger partial charge >= 0.3 is 0 Å². The molecule has 1 N–H and O–H groups in total. The standard InChI is InChI=1S/C30H22FN3OS/c1-17-24(22-8-4-5-9-25(22)32-17)16-26-29(35)34-28(19-10-13-20(31)14-11-19)23-15-12-18-6-2-3-7-21(18)27(23)33-30(34)36-26/h2-11,13-14,16,28,32H,12,15H2,1H3/b26-16+/t28-/m1/s1. The Bertz CT molecular complexity index is 1890. The number of benzene rings is 3. The number of halogens is 1. The van der Waals surface area contributed by atoms with Crippen LogP contribution in [-0.4, -0.2) is 9.55 Å². The Kier molecular flexibility index (Phi) is 4.73. The third-order valence-electron chi connectivity index (χ3n) is 7.28.